The van der Waals surface area contributed by atoms with Gasteiger partial charge in [-0.3, -0.25) is 14.2 Å². The summed E-state index contributed by atoms with van der Waals surface area (Å²) < 4.78 is 1.36. The number of thiophene rings is 1. The quantitative estimate of drug-likeness (QED) is 0.729. The molecule has 1 amide bonds. The van der Waals surface area contributed by atoms with Gasteiger partial charge in [0.25, 0.3) is 5.56 Å². The Balaban J connectivity index is 1.65. The Bertz CT molecular complexity index is 1040. The number of rotatable bonds is 3. The highest BCUT2D eigenvalue weighted by Gasteiger charge is 2.22. The molecule has 0 aliphatic carbocycles. The Labute approximate surface area is 164 Å². The van der Waals surface area contributed by atoms with Gasteiger partial charge in [-0.2, -0.15) is 0 Å². The van der Waals surface area contributed by atoms with Gasteiger partial charge in [0.15, 0.2) is 0 Å². The predicted molar refractivity (Wildman–Crippen MR) is 106 cm³/mol. The number of carbonyl (C=O) groups excluding carboxylic acids is 1. The van der Waals surface area contributed by atoms with Crippen LogP contribution in [0, 0.1) is 0 Å². The smallest absolute Gasteiger partial charge is 0.263 e. The van der Waals surface area contributed by atoms with E-state index in [1.807, 2.05) is 17.5 Å². The van der Waals surface area contributed by atoms with Crippen molar-refractivity contribution in [3.63, 3.8) is 0 Å². The Morgan fingerprint density at radius 3 is 2.67 bits per heavy atom. The first-order chi connectivity index (χ1) is 13.0. The van der Waals surface area contributed by atoms with Crippen molar-refractivity contribution in [2.45, 2.75) is 25.5 Å². The molecule has 0 spiro atoms. The van der Waals surface area contributed by atoms with E-state index in [1.165, 1.54) is 22.2 Å². The molecule has 4 rings (SSSR count). The minimum Gasteiger partial charge on any atom is -0.393 e. The van der Waals surface area contributed by atoms with Crippen LogP contribution in [0.25, 0.3) is 21.3 Å². The van der Waals surface area contributed by atoms with Crippen molar-refractivity contribution in [2.24, 2.45) is 0 Å². The summed E-state index contributed by atoms with van der Waals surface area (Å²) in [6.07, 6.45) is 2.23. The van der Waals surface area contributed by atoms with Crippen LogP contribution >= 0.6 is 22.9 Å². The zero-order chi connectivity index (χ0) is 19.0. The lowest BCUT2D eigenvalue weighted by atomic mass is 10.1. The fraction of sp³-hybridized carbons (Fsp3) is 0.316. The molecule has 0 unspecified atom stereocenters. The molecule has 1 saturated heterocycles. The average molecular weight is 404 g/mol. The largest absolute Gasteiger partial charge is 0.393 e. The summed E-state index contributed by atoms with van der Waals surface area (Å²) in [7, 11) is 0. The van der Waals surface area contributed by atoms with Gasteiger partial charge in [0.05, 0.1) is 17.8 Å². The number of hydrogen-bond acceptors (Lipinski definition) is 5. The van der Waals surface area contributed by atoms with Crippen LogP contribution < -0.4 is 5.56 Å². The zero-order valence-electron chi connectivity index (χ0n) is 14.5. The molecule has 140 valence electrons. The molecular weight excluding hydrogens is 386 g/mol. The minimum atomic E-state index is -0.345. The lowest BCUT2D eigenvalue weighted by Crippen LogP contribution is -2.42. The molecule has 1 aliphatic heterocycles. The molecule has 1 aromatic carbocycles. The molecule has 0 atom stereocenters. The van der Waals surface area contributed by atoms with Crippen LogP contribution in [-0.4, -0.2) is 44.7 Å². The number of likely N-dealkylation sites (tertiary alicyclic amines) is 1. The highest BCUT2D eigenvalue weighted by Crippen LogP contribution is 2.31. The third-order valence-electron chi connectivity index (χ3n) is 4.84. The lowest BCUT2D eigenvalue weighted by molar-refractivity contribution is -0.133. The maximum atomic E-state index is 13.0. The van der Waals surface area contributed by atoms with Crippen LogP contribution in [0.2, 0.25) is 5.02 Å². The fourth-order valence-corrected chi connectivity index (χ4v) is 4.32. The Morgan fingerprint density at radius 2 is 1.96 bits per heavy atom. The summed E-state index contributed by atoms with van der Waals surface area (Å²) in [4.78, 5) is 32.3. The van der Waals surface area contributed by atoms with Gasteiger partial charge >= 0.3 is 0 Å². The number of carbonyl (C=O) groups is 1. The van der Waals surface area contributed by atoms with Gasteiger partial charge in [0.1, 0.15) is 11.4 Å². The molecule has 27 heavy (non-hydrogen) atoms. The number of nitrogens with zero attached hydrogens (tertiary/aromatic N) is 3. The number of amides is 1. The van der Waals surface area contributed by atoms with Gasteiger partial charge in [-0.1, -0.05) is 23.7 Å². The SMILES string of the molecule is O=C(Cn1cnc2scc(-c3ccc(Cl)cc3)c2c1=O)N1CCC(O)CC1. The summed E-state index contributed by atoms with van der Waals surface area (Å²) in [6.45, 7) is 0.978. The summed E-state index contributed by atoms with van der Waals surface area (Å²) in [5, 5.41) is 12.6. The molecule has 1 N–H and O–H groups in total. The van der Waals surface area contributed by atoms with Crippen LogP contribution in [0.15, 0.2) is 40.8 Å². The Hall–Kier alpha value is -2.22. The fourth-order valence-electron chi connectivity index (χ4n) is 3.28. The maximum absolute atomic E-state index is 13.0. The van der Waals surface area contributed by atoms with Crippen molar-refractivity contribution in [3.05, 3.63) is 51.3 Å². The topological polar surface area (TPSA) is 75.4 Å². The third kappa shape index (κ3) is 3.63. The van der Waals surface area contributed by atoms with Gasteiger partial charge < -0.3 is 10.0 Å². The van der Waals surface area contributed by atoms with E-state index in [0.29, 0.717) is 41.2 Å². The van der Waals surface area contributed by atoms with Crippen LogP contribution in [0.3, 0.4) is 0 Å². The number of aliphatic hydroxyl groups is 1. The van der Waals surface area contributed by atoms with Crippen molar-refractivity contribution in [2.75, 3.05) is 13.1 Å². The molecule has 8 heteroatoms. The Morgan fingerprint density at radius 1 is 1.26 bits per heavy atom. The van der Waals surface area contributed by atoms with Gasteiger partial charge in [0, 0.05) is 29.1 Å². The molecule has 0 saturated carbocycles. The van der Waals surface area contributed by atoms with Crippen LogP contribution in [0.5, 0.6) is 0 Å². The van der Waals surface area contributed by atoms with Gasteiger partial charge in [0.2, 0.25) is 5.91 Å². The second-order valence-electron chi connectivity index (χ2n) is 6.63. The zero-order valence-corrected chi connectivity index (χ0v) is 16.0. The number of halogens is 1. The summed E-state index contributed by atoms with van der Waals surface area (Å²) in [5.41, 5.74) is 1.46. The summed E-state index contributed by atoms with van der Waals surface area (Å²) in [6, 6.07) is 7.29. The molecule has 3 aromatic rings. The minimum absolute atomic E-state index is 0.0478. The molecule has 3 heterocycles. The summed E-state index contributed by atoms with van der Waals surface area (Å²) >= 11 is 7.36. The van der Waals surface area contributed by atoms with E-state index in [4.69, 9.17) is 11.6 Å². The normalized spacial score (nSPS) is 15.4. The van der Waals surface area contributed by atoms with E-state index in [9.17, 15) is 14.7 Å². The Kier molecular flexibility index (Phi) is 4.99. The first kappa shape index (κ1) is 18.2. The van der Waals surface area contributed by atoms with E-state index in [1.54, 1.807) is 17.0 Å². The second kappa shape index (κ2) is 7.42. The summed E-state index contributed by atoms with van der Waals surface area (Å²) in [5.74, 6) is -0.131. The van der Waals surface area contributed by atoms with E-state index in [-0.39, 0.29) is 24.1 Å². The number of fused-ring (bicyclic) bond motifs is 1. The standard InChI is InChI=1S/C19H18ClN3O3S/c20-13-3-1-12(2-4-13)15-10-27-18-17(15)19(26)23(11-21-18)9-16(25)22-7-5-14(24)6-8-22/h1-4,10-11,14,24H,5-9H2. The number of hydrogen-bond donors (Lipinski definition) is 1. The number of benzene rings is 1. The predicted octanol–water partition coefficient (Wildman–Crippen LogP) is 2.76. The van der Waals surface area contributed by atoms with E-state index in [0.717, 1.165) is 11.1 Å². The average Bonchev–Trinajstić information content (AvgIpc) is 3.10. The maximum Gasteiger partial charge on any atom is 0.263 e. The molecule has 2 aromatic heterocycles. The molecule has 0 radical (unpaired) electrons. The van der Waals surface area contributed by atoms with Gasteiger partial charge in [-0.05, 0) is 30.5 Å². The number of piperidine rings is 1. The lowest BCUT2D eigenvalue weighted by Gasteiger charge is -2.29. The van der Waals surface area contributed by atoms with Gasteiger partial charge in [-0.25, -0.2) is 4.98 Å². The van der Waals surface area contributed by atoms with E-state index in [2.05, 4.69) is 4.98 Å². The molecule has 6 nitrogen and oxygen atoms in total. The first-order valence-electron chi connectivity index (χ1n) is 8.71. The highest BCUT2D eigenvalue weighted by molar-refractivity contribution is 7.17. The highest BCUT2D eigenvalue weighted by atomic mass is 35.5. The molecule has 0 bridgehead atoms. The number of aromatic nitrogens is 2. The van der Waals surface area contributed by atoms with Crippen molar-refractivity contribution in [3.8, 4) is 11.1 Å². The first-order valence-corrected chi connectivity index (χ1v) is 9.97. The molecule has 1 fully saturated rings. The number of aliphatic hydroxyl groups excluding tert-OH is 1. The van der Waals surface area contributed by atoms with Gasteiger partial charge in [-0.15, -0.1) is 11.3 Å². The third-order valence-corrected chi connectivity index (χ3v) is 5.98. The second-order valence-corrected chi connectivity index (χ2v) is 7.92. The van der Waals surface area contributed by atoms with Crippen molar-refractivity contribution in [1.82, 2.24) is 14.5 Å². The van der Waals surface area contributed by atoms with Crippen LogP contribution in [0.4, 0.5) is 0 Å². The van der Waals surface area contributed by atoms with E-state index < -0.39 is 0 Å². The van der Waals surface area contributed by atoms with Crippen molar-refractivity contribution >= 4 is 39.1 Å². The van der Waals surface area contributed by atoms with Crippen molar-refractivity contribution in [1.29, 1.82) is 0 Å². The van der Waals surface area contributed by atoms with E-state index >= 15 is 0 Å². The molecule has 1 aliphatic rings. The van der Waals surface area contributed by atoms with Crippen LogP contribution in [-0.2, 0) is 11.3 Å². The van der Waals surface area contributed by atoms with Crippen LogP contribution in [0.1, 0.15) is 12.8 Å². The monoisotopic (exact) mass is 403 g/mol. The molecular formula is C19H18ClN3O3S. The van der Waals surface area contributed by atoms with Crippen molar-refractivity contribution < 1.29 is 9.90 Å².